The summed E-state index contributed by atoms with van der Waals surface area (Å²) in [5.74, 6) is 0. The van der Waals surface area contributed by atoms with Crippen LogP contribution in [0.4, 0.5) is 17.3 Å². The Bertz CT molecular complexity index is 234. The van der Waals surface area contributed by atoms with Gasteiger partial charge in [0.25, 0.3) is 0 Å². The summed E-state index contributed by atoms with van der Waals surface area (Å²) in [5.41, 5.74) is 2.49. The first-order valence-electron chi connectivity index (χ1n) is 3.79. The van der Waals surface area contributed by atoms with Crippen LogP contribution in [-0.2, 0) is 35.7 Å². The van der Waals surface area contributed by atoms with E-state index in [2.05, 4.69) is 47.4 Å². The molecule has 0 aliphatic rings. The number of hydrogen-bond acceptors (Lipinski definition) is 0. The van der Waals surface area contributed by atoms with Gasteiger partial charge in [-0.1, -0.05) is 11.1 Å². The van der Waals surface area contributed by atoms with Crippen molar-refractivity contribution in [2.45, 2.75) is 20.8 Å². The predicted molar refractivity (Wildman–Crippen MR) is 55.3 cm³/mol. The largest absolute Gasteiger partial charge is 0.0775 e. The monoisotopic (exact) mass is 338 g/mol. The van der Waals surface area contributed by atoms with Gasteiger partial charge in [-0.05, 0) is 27.7 Å². The van der Waals surface area contributed by atoms with E-state index in [1.807, 2.05) is 6.92 Å². The molecule has 0 amide bonds. The van der Waals surface area contributed by atoms with E-state index in [0.29, 0.717) is 0 Å². The average Bonchev–Trinajstić information content (AvgIpc) is 2.37. The molecule has 0 saturated carbocycles. The van der Waals surface area contributed by atoms with Crippen molar-refractivity contribution >= 4 is 7.25 Å². The van der Waals surface area contributed by atoms with Crippen molar-refractivity contribution < 1.29 is 52.9 Å². The molecule has 10 heteroatoms. The van der Waals surface area contributed by atoms with E-state index in [-0.39, 0.29) is 17.1 Å². The van der Waals surface area contributed by atoms with Crippen LogP contribution in [0, 0.1) is 33.5 Å². The molecule has 0 heterocycles. The second-order valence-electron chi connectivity index (χ2n) is 2.28. The smallest absolute Gasteiger partial charge is 0 e. The fourth-order valence-corrected chi connectivity index (χ4v) is 0. The van der Waals surface area contributed by atoms with Gasteiger partial charge >= 0.3 is 52.5 Å². The van der Waals surface area contributed by atoms with Crippen molar-refractivity contribution in [3.63, 3.8) is 0 Å². The molecule has 0 bridgehead atoms. The second kappa shape index (κ2) is 43.0. The van der Waals surface area contributed by atoms with E-state index in [1.54, 1.807) is 0 Å². The summed E-state index contributed by atoms with van der Waals surface area (Å²) in [5, 5.41) is 0. The molecule has 115 valence electrons. The SMILES string of the molecule is F[B-](F)(F)F.[C-]#[O+].[C-]#[O+].[C-]#[O+].[C-]#[O+].[CH2]C(C)=C(C)C.[Fe]. The summed E-state index contributed by atoms with van der Waals surface area (Å²) in [6.45, 7) is 27.8. The Morgan fingerprint density at radius 1 is 0.750 bits per heavy atom. The molecule has 0 aromatic carbocycles. The van der Waals surface area contributed by atoms with Gasteiger partial charge in [0.1, 0.15) is 0 Å². The van der Waals surface area contributed by atoms with Gasteiger partial charge in [0.2, 0.25) is 0 Å². The molecule has 0 aromatic rings. The summed E-state index contributed by atoms with van der Waals surface area (Å²) >= 11 is 0. The number of hydrogen-bond donors (Lipinski definition) is 0. The third-order valence-corrected chi connectivity index (χ3v) is 0.854. The molecular formula is C10H11BF4FeO4-. The molecule has 20 heavy (non-hydrogen) atoms. The Morgan fingerprint density at radius 2 is 0.800 bits per heavy atom. The van der Waals surface area contributed by atoms with Gasteiger partial charge in [-0.2, -0.15) is 0 Å². The first kappa shape index (κ1) is 42.7. The normalized spacial score (nSPS) is 5.80. The maximum Gasteiger partial charge on any atom is 0 e. The van der Waals surface area contributed by atoms with E-state index in [4.69, 9.17) is 18.6 Å². The van der Waals surface area contributed by atoms with E-state index >= 15 is 0 Å². The average molecular weight is 338 g/mol. The van der Waals surface area contributed by atoms with Gasteiger partial charge in [0.05, 0.1) is 0 Å². The summed E-state index contributed by atoms with van der Waals surface area (Å²) in [6, 6.07) is 0. The maximum absolute atomic E-state index is 9.75. The Morgan fingerprint density at radius 3 is 0.800 bits per heavy atom. The van der Waals surface area contributed by atoms with Crippen LogP contribution < -0.4 is 0 Å². The third-order valence-electron chi connectivity index (χ3n) is 0.854. The summed E-state index contributed by atoms with van der Waals surface area (Å²) in [4.78, 5) is 0. The van der Waals surface area contributed by atoms with Crippen molar-refractivity contribution in [3.8, 4) is 0 Å². The standard InChI is InChI=1S/C6H11.4CO.BF4.Fe/c1-5(2)6(3)4;4*1-2;2-1(3,4)5;/h1H2,2-4H3;;;;;;/q;;;;;-1;. The minimum atomic E-state index is -6.00. The van der Waals surface area contributed by atoms with Crippen LogP contribution in [0.2, 0.25) is 0 Å². The Kier molecular flexibility index (Phi) is 91.9. The van der Waals surface area contributed by atoms with Crippen molar-refractivity contribution in [1.29, 1.82) is 0 Å². The summed E-state index contributed by atoms with van der Waals surface area (Å²) < 4.78 is 69.0. The van der Waals surface area contributed by atoms with E-state index in [9.17, 15) is 17.3 Å². The van der Waals surface area contributed by atoms with Crippen LogP contribution in [0.3, 0.4) is 0 Å². The molecule has 0 atom stereocenters. The molecule has 0 saturated heterocycles. The van der Waals surface area contributed by atoms with Gasteiger partial charge < -0.3 is 17.3 Å². The number of allylic oxidation sites excluding steroid dienone is 2. The molecule has 0 aromatic heterocycles. The zero-order valence-corrected chi connectivity index (χ0v) is 11.9. The van der Waals surface area contributed by atoms with E-state index in [0.717, 1.165) is 0 Å². The fraction of sp³-hybridized carbons (Fsp3) is 0.300. The fourth-order valence-electron chi connectivity index (χ4n) is 0. The van der Waals surface area contributed by atoms with E-state index < -0.39 is 7.25 Å². The Labute approximate surface area is 126 Å². The molecule has 1 radical (unpaired) electrons. The molecule has 0 unspecified atom stereocenters. The second-order valence-corrected chi connectivity index (χ2v) is 2.28. The van der Waals surface area contributed by atoms with Gasteiger partial charge in [0, 0.05) is 17.1 Å². The van der Waals surface area contributed by atoms with Gasteiger partial charge in [-0.25, -0.2) is 0 Å². The molecule has 0 spiro atoms. The first-order valence-corrected chi connectivity index (χ1v) is 3.79. The van der Waals surface area contributed by atoms with Crippen molar-refractivity contribution in [3.05, 3.63) is 44.7 Å². The Hall–Kier alpha value is -0.996. The molecular weight excluding hydrogens is 327 g/mol. The van der Waals surface area contributed by atoms with Gasteiger partial charge in [-0.15, -0.1) is 0 Å². The van der Waals surface area contributed by atoms with Crippen LogP contribution >= 0.6 is 0 Å². The van der Waals surface area contributed by atoms with Crippen LogP contribution in [0.1, 0.15) is 20.8 Å². The minimum absolute atomic E-state index is 0. The molecule has 0 rings (SSSR count). The Balaban J connectivity index is -0.0000000220. The first-order chi connectivity index (χ1) is 8.64. The molecule has 0 N–H and O–H groups in total. The summed E-state index contributed by atoms with van der Waals surface area (Å²) in [6.07, 6.45) is 0. The van der Waals surface area contributed by atoms with Crippen molar-refractivity contribution in [2.24, 2.45) is 0 Å². The van der Waals surface area contributed by atoms with E-state index in [1.165, 1.54) is 11.1 Å². The predicted octanol–water partition coefficient (Wildman–Crippen LogP) is 3.32. The topological polar surface area (TPSA) is 79.6 Å². The molecule has 0 aliphatic heterocycles. The van der Waals surface area contributed by atoms with Crippen molar-refractivity contribution in [2.75, 3.05) is 0 Å². The molecule has 0 aliphatic carbocycles. The maximum atomic E-state index is 9.75. The van der Waals surface area contributed by atoms with Gasteiger partial charge in [-0.3, -0.25) is 0 Å². The molecule has 4 nitrogen and oxygen atoms in total. The number of rotatable bonds is 0. The minimum Gasteiger partial charge on any atom is -0.0775 e. The van der Waals surface area contributed by atoms with Crippen LogP contribution in [-0.4, -0.2) is 7.25 Å². The zero-order valence-electron chi connectivity index (χ0n) is 10.8. The third kappa shape index (κ3) is 483. The quantitative estimate of drug-likeness (QED) is 0.281. The van der Waals surface area contributed by atoms with Crippen LogP contribution in [0.25, 0.3) is 0 Å². The van der Waals surface area contributed by atoms with Crippen LogP contribution in [0.5, 0.6) is 0 Å². The zero-order chi connectivity index (χ0) is 17.7. The van der Waals surface area contributed by atoms with Crippen molar-refractivity contribution in [1.82, 2.24) is 0 Å². The number of halogens is 4. The summed E-state index contributed by atoms with van der Waals surface area (Å²) in [7, 11) is -6.00. The van der Waals surface area contributed by atoms with Crippen LogP contribution in [0.15, 0.2) is 11.1 Å². The van der Waals surface area contributed by atoms with Gasteiger partial charge in [0.15, 0.2) is 0 Å². The molecule has 0 fully saturated rings.